The molecule has 0 radical (unpaired) electrons. The number of ether oxygens (including phenoxy) is 1. The molecule has 28 heavy (non-hydrogen) atoms. The van der Waals surface area contributed by atoms with E-state index in [-0.39, 0.29) is 37.7 Å². The average Bonchev–Trinajstić information content (AvgIpc) is 2.78. The lowest BCUT2D eigenvalue weighted by molar-refractivity contribution is -0.123. The molecular weight excluding hydrogens is 382 g/mol. The minimum absolute atomic E-state index is 0.0874. The Morgan fingerprint density at radius 2 is 1.93 bits per heavy atom. The van der Waals surface area contributed by atoms with Gasteiger partial charge in [-0.1, -0.05) is 23.7 Å². The summed E-state index contributed by atoms with van der Waals surface area (Å²) in [5.41, 5.74) is 2.18. The second-order valence-electron chi connectivity index (χ2n) is 6.59. The number of rotatable bonds is 5. The van der Waals surface area contributed by atoms with E-state index in [1.165, 1.54) is 12.0 Å². The molecule has 0 saturated carbocycles. The molecule has 1 N–H and O–H groups in total. The minimum Gasteiger partial charge on any atom is -0.465 e. The third kappa shape index (κ3) is 4.08. The van der Waals surface area contributed by atoms with Crippen molar-refractivity contribution in [1.82, 2.24) is 4.90 Å². The van der Waals surface area contributed by atoms with E-state index in [2.05, 4.69) is 4.74 Å². The van der Waals surface area contributed by atoms with Crippen LogP contribution in [0.5, 0.6) is 0 Å². The van der Waals surface area contributed by atoms with Crippen molar-refractivity contribution in [2.45, 2.75) is 25.4 Å². The molecule has 1 aliphatic heterocycles. The molecule has 1 amide bonds. The van der Waals surface area contributed by atoms with Crippen LogP contribution in [0.1, 0.15) is 38.3 Å². The zero-order chi connectivity index (χ0) is 20.3. The lowest BCUT2D eigenvalue weighted by Gasteiger charge is -2.29. The van der Waals surface area contributed by atoms with Crippen molar-refractivity contribution in [2.75, 3.05) is 13.7 Å². The Kier molecular flexibility index (Phi) is 6.11. The van der Waals surface area contributed by atoms with Crippen molar-refractivity contribution in [3.63, 3.8) is 0 Å². The molecule has 0 saturated heterocycles. The van der Waals surface area contributed by atoms with Gasteiger partial charge in [0.05, 0.1) is 18.7 Å². The maximum absolute atomic E-state index is 13.2. The topological polar surface area (TPSA) is 83.9 Å². The molecule has 2 aromatic carbocycles. The lowest BCUT2D eigenvalue weighted by atomic mass is 10.0. The van der Waals surface area contributed by atoms with Gasteiger partial charge in [-0.3, -0.25) is 9.59 Å². The maximum atomic E-state index is 13.2. The molecule has 6 nitrogen and oxygen atoms in total. The van der Waals surface area contributed by atoms with Crippen LogP contribution in [0.3, 0.4) is 0 Å². The van der Waals surface area contributed by atoms with Crippen LogP contribution in [0.25, 0.3) is 0 Å². The number of benzene rings is 2. The largest absolute Gasteiger partial charge is 0.465 e. The van der Waals surface area contributed by atoms with Gasteiger partial charge < -0.3 is 14.7 Å². The fourth-order valence-corrected chi connectivity index (χ4v) is 3.57. The van der Waals surface area contributed by atoms with E-state index < -0.39 is 12.0 Å². The highest BCUT2D eigenvalue weighted by Crippen LogP contribution is 2.26. The predicted octanol–water partition coefficient (Wildman–Crippen LogP) is 2.65. The normalized spacial score (nSPS) is 16.5. The molecule has 3 rings (SSSR count). The number of methoxy groups -OCH3 is 1. The number of halogens is 1. The van der Waals surface area contributed by atoms with Gasteiger partial charge in [0.15, 0.2) is 5.78 Å². The molecule has 0 spiro atoms. The van der Waals surface area contributed by atoms with Gasteiger partial charge in [0.25, 0.3) is 5.91 Å². The SMILES string of the molecule is COC(=O)c1ccc(CN2C(=O)c3ccc(Cl)cc3CC(=O)[C@H]2CCO)cc1. The Hall–Kier alpha value is -2.70. The fraction of sp³-hybridized carbons (Fsp3) is 0.286. The number of carbonyl (C=O) groups excluding carboxylic acids is 3. The maximum Gasteiger partial charge on any atom is 0.337 e. The van der Waals surface area contributed by atoms with Crippen LogP contribution in [-0.4, -0.2) is 47.4 Å². The van der Waals surface area contributed by atoms with Crippen molar-refractivity contribution in [3.05, 3.63) is 69.7 Å². The quantitative estimate of drug-likeness (QED) is 0.778. The summed E-state index contributed by atoms with van der Waals surface area (Å²) in [6.45, 7) is -0.0304. The second-order valence-corrected chi connectivity index (χ2v) is 7.03. The van der Waals surface area contributed by atoms with Gasteiger partial charge in [0.2, 0.25) is 0 Å². The van der Waals surface area contributed by atoms with Crippen molar-refractivity contribution in [2.24, 2.45) is 0 Å². The number of aliphatic hydroxyl groups excluding tert-OH is 1. The molecule has 7 heteroatoms. The van der Waals surface area contributed by atoms with Crippen LogP contribution in [0.4, 0.5) is 0 Å². The predicted molar refractivity (Wildman–Crippen MR) is 103 cm³/mol. The van der Waals surface area contributed by atoms with E-state index in [4.69, 9.17) is 11.6 Å². The van der Waals surface area contributed by atoms with E-state index in [0.29, 0.717) is 21.7 Å². The number of hydrogen-bond donors (Lipinski definition) is 1. The molecule has 146 valence electrons. The first-order valence-electron chi connectivity index (χ1n) is 8.84. The van der Waals surface area contributed by atoms with E-state index in [0.717, 1.165) is 5.56 Å². The minimum atomic E-state index is -0.732. The zero-order valence-electron chi connectivity index (χ0n) is 15.4. The molecule has 1 atom stereocenters. The van der Waals surface area contributed by atoms with Crippen LogP contribution >= 0.6 is 11.6 Å². The third-order valence-electron chi connectivity index (χ3n) is 4.80. The summed E-state index contributed by atoms with van der Waals surface area (Å²) in [5, 5.41) is 9.88. The Morgan fingerprint density at radius 3 is 2.57 bits per heavy atom. The van der Waals surface area contributed by atoms with Crippen molar-refractivity contribution in [3.8, 4) is 0 Å². The fourth-order valence-electron chi connectivity index (χ4n) is 3.37. The molecule has 0 unspecified atom stereocenters. The number of aliphatic hydroxyl groups is 1. The standard InChI is InChI=1S/C21H20ClNO5/c1-28-21(27)14-4-2-13(3-5-14)12-23-18(8-9-24)19(25)11-15-10-16(22)6-7-17(15)20(23)26/h2-7,10,18,24H,8-9,11-12H2,1H3/t18-/m1/s1. The van der Waals surface area contributed by atoms with E-state index in [1.54, 1.807) is 42.5 Å². The zero-order valence-corrected chi connectivity index (χ0v) is 16.1. The number of amides is 1. The molecule has 0 aromatic heterocycles. The number of ketones is 1. The number of fused-ring (bicyclic) bond motifs is 1. The highest BCUT2D eigenvalue weighted by molar-refractivity contribution is 6.30. The third-order valence-corrected chi connectivity index (χ3v) is 5.04. The highest BCUT2D eigenvalue weighted by atomic mass is 35.5. The van der Waals surface area contributed by atoms with E-state index in [1.807, 2.05) is 0 Å². The number of nitrogens with zero attached hydrogens (tertiary/aromatic N) is 1. The van der Waals surface area contributed by atoms with Gasteiger partial charge in [-0.15, -0.1) is 0 Å². The summed E-state index contributed by atoms with van der Waals surface area (Å²) in [5.74, 6) is -0.876. The summed E-state index contributed by atoms with van der Waals surface area (Å²) >= 11 is 6.03. The van der Waals surface area contributed by atoms with Gasteiger partial charge in [-0.2, -0.15) is 0 Å². The summed E-state index contributed by atoms with van der Waals surface area (Å²) in [6.07, 6.45) is 0.247. The van der Waals surface area contributed by atoms with Crippen molar-refractivity contribution >= 4 is 29.3 Å². The molecule has 0 aliphatic carbocycles. The number of hydrogen-bond acceptors (Lipinski definition) is 5. The molecule has 1 aliphatic rings. The van der Waals surface area contributed by atoms with Crippen LogP contribution in [0.2, 0.25) is 5.02 Å². The first kappa shape index (κ1) is 20.0. The van der Waals surface area contributed by atoms with Crippen LogP contribution in [-0.2, 0) is 22.5 Å². The van der Waals surface area contributed by atoms with Crippen molar-refractivity contribution < 1.29 is 24.2 Å². The Bertz CT molecular complexity index is 910. The Labute approximate surface area is 167 Å². The summed E-state index contributed by atoms with van der Waals surface area (Å²) in [7, 11) is 1.31. The molecule has 2 aromatic rings. The van der Waals surface area contributed by atoms with Gasteiger partial charge in [0, 0.05) is 30.2 Å². The average molecular weight is 402 g/mol. The summed E-state index contributed by atoms with van der Waals surface area (Å²) < 4.78 is 4.68. The smallest absolute Gasteiger partial charge is 0.337 e. The van der Waals surface area contributed by atoms with Gasteiger partial charge >= 0.3 is 5.97 Å². The Morgan fingerprint density at radius 1 is 1.21 bits per heavy atom. The van der Waals surface area contributed by atoms with Crippen LogP contribution < -0.4 is 0 Å². The van der Waals surface area contributed by atoms with Gasteiger partial charge in [-0.05, 0) is 47.9 Å². The van der Waals surface area contributed by atoms with Crippen LogP contribution in [0.15, 0.2) is 42.5 Å². The Balaban J connectivity index is 1.95. The molecule has 0 fully saturated rings. The van der Waals surface area contributed by atoms with E-state index in [9.17, 15) is 19.5 Å². The number of Topliss-reactive ketones (excluding diaryl/α,β-unsaturated/α-hetero) is 1. The first-order valence-corrected chi connectivity index (χ1v) is 9.22. The number of carbonyl (C=O) groups is 3. The van der Waals surface area contributed by atoms with Gasteiger partial charge in [0.1, 0.15) is 0 Å². The monoisotopic (exact) mass is 401 g/mol. The molecule has 0 bridgehead atoms. The van der Waals surface area contributed by atoms with Crippen LogP contribution in [0, 0.1) is 0 Å². The van der Waals surface area contributed by atoms with E-state index >= 15 is 0 Å². The lowest BCUT2D eigenvalue weighted by Crippen LogP contribution is -2.43. The molecular formula is C21H20ClNO5. The van der Waals surface area contributed by atoms with Crippen molar-refractivity contribution in [1.29, 1.82) is 0 Å². The first-order chi connectivity index (χ1) is 13.4. The van der Waals surface area contributed by atoms with Gasteiger partial charge in [-0.25, -0.2) is 4.79 Å². The summed E-state index contributed by atoms with van der Waals surface area (Å²) in [4.78, 5) is 39.0. The molecule has 1 heterocycles. The highest BCUT2D eigenvalue weighted by Gasteiger charge is 2.35. The number of esters is 1. The second kappa shape index (κ2) is 8.54. The summed E-state index contributed by atoms with van der Waals surface area (Å²) in [6, 6.07) is 10.8.